The fourth-order valence-corrected chi connectivity index (χ4v) is 6.65. The molecule has 0 aliphatic heterocycles. The number of benzene rings is 4. The van der Waals surface area contributed by atoms with Crippen LogP contribution >= 0.6 is 46.4 Å². The Balaban J connectivity index is 0.000000280. The SMILES string of the molecule is NS(=O)(=O)c1ccc(N/N=C2/C=Cc3c(Cl)ccc(Cl)c3C2=O)c(O)c1.NS(=O)(=O)c1ccc(N/N=C2/C=Cc3c(Cl)ccc(Cl)c3C2=O)c(O)c1.[Cr].[Na+]. The molecule has 0 heterocycles. The maximum absolute atomic E-state index is 12.6. The van der Waals surface area contributed by atoms with E-state index in [1.54, 1.807) is 24.3 Å². The number of primary sulfonamides is 2. The normalized spacial score (nSPS) is 14.6. The molecule has 54 heavy (non-hydrogen) atoms. The summed E-state index contributed by atoms with van der Waals surface area (Å²) < 4.78 is 45.0. The third-order valence-electron chi connectivity index (χ3n) is 7.21. The number of nitrogens with two attached hydrogens (primary N) is 2. The first-order chi connectivity index (χ1) is 24.4. The molecule has 22 heteroatoms. The Morgan fingerprint density at radius 1 is 0.556 bits per heavy atom. The van der Waals surface area contributed by atoms with E-state index in [1.165, 1.54) is 48.6 Å². The van der Waals surface area contributed by atoms with Crippen LogP contribution in [0.3, 0.4) is 0 Å². The maximum atomic E-state index is 12.6. The van der Waals surface area contributed by atoms with Crippen molar-refractivity contribution < 1.29 is 83.6 Å². The summed E-state index contributed by atoms with van der Waals surface area (Å²) in [7, 11) is -7.89. The number of ketones is 2. The second-order valence-electron chi connectivity index (χ2n) is 10.6. The van der Waals surface area contributed by atoms with Crippen LogP contribution in [0.15, 0.2) is 92.8 Å². The number of hydrogen-bond acceptors (Lipinski definition) is 12. The van der Waals surface area contributed by atoms with Crippen LogP contribution < -0.4 is 50.7 Å². The summed E-state index contributed by atoms with van der Waals surface area (Å²) in [5, 5.41) is 38.9. The summed E-state index contributed by atoms with van der Waals surface area (Å²) in [6.45, 7) is 0. The molecule has 2 aliphatic carbocycles. The molecule has 0 unspecified atom stereocenters. The summed E-state index contributed by atoms with van der Waals surface area (Å²) in [6.07, 6.45) is 6.12. The Morgan fingerprint density at radius 2 is 0.889 bits per heavy atom. The van der Waals surface area contributed by atoms with E-state index in [0.29, 0.717) is 21.2 Å². The van der Waals surface area contributed by atoms with Gasteiger partial charge in [-0.25, -0.2) is 27.1 Å². The molecule has 0 spiro atoms. The molecule has 0 bridgehead atoms. The number of carbonyl (C=O) groups excluding carboxylic acids is 2. The monoisotopic (exact) mass is 897 g/mol. The number of hydrogen-bond donors (Lipinski definition) is 6. The summed E-state index contributed by atoms with van der Waals surface area (Å²) in [5.41, 5.74) is 6.75. The van der Waals surface area contributed by atoms with Gasteiger partial charge in [-0.2, -0.15) is 10.2 Å². The predicted molar refractivity (Wildman–Crippen MR) is 201 cm³/mol. The number of rotatable bonds is 6. The standard InChI is InChI=1S/2C16H11Cl2N3O4S.Cr.Na/c2*17-10-3-4-11(18)15-9(10)2-6-13(16(15)23)21-20-12-5-1-8(7-14(12)22)26(19,24)25;;/h2*1-7,20,22H,(H2,19,24,25);;/q;;;+1/b2*21-13-;;. The molecule has 8 N–H and O–H groups in total. The van der Waals surface area contributed by atoms with Crippen molar-refractivity contribution in [3.05, 3.63) is 115 Å². The summed E-state index contributed by atoms with van der Waals surface area (Å²) in [4.78, 5) is 24.6. The third-order valence-corrected chi connectivity index (χ3v) is 10.3. The first-order valence-electron chi connectivity index (χ1n) is 14.2. The van der Waals surface area contributed by atoms with Gasteiger partial charge in [-0.1, -0.05) is 58.6 Å². The fourth-order valence-electron chi connectivity index (χ4n) is 4.64. The maximum Gasteiger partial charge on any atom is 1.00 e. The van der Waals surface area contributed by atoms with Crippen molar-refractivity contribution in [3.63, 3.8) is 0 Å². The number of nitrogens with zero attached hydrogens (tertiary/aromatic N) is 2. The van der Waals surface area contributed by atoms with E-state index in [4.69, 9.17) is 56.7 Å². The number of sulfonamides is 2. The van der Waals surface area contributed by atoms with Crippen molar-refractivity contribution in [1.82, 2.24) is 0 Å². The molecular weight excluding hydrogens is 877 g/mol. The number of nitrogens with one attached hydrogen (secondary N) is 2. The summed E-state index contributed by atoms with van der Waals surface area (Å²) in [6, 6.07) is 13.1. The molecule has 4 aromatic rings. The van der Waals surface area contributed by atoms with Gasteiger partial charge in [0.15, 0.2) is 0 Å². The van der Waals surface area contributed by atoms with Gasteiger partial charge in [-0.3, -0.25) is 20.4 Å². The van der Waals surface area contributed by atoms with Gasteiger partial charge >= 0.3 is 29.6 Å². The molecule has 0 atom stereocenters. The van der Waals surface area contributed by atoms with Gasteiger partial charge in [0.2, 0.25) is 31.6 Å². The number of anilines is 2. The summed E-state index contributed by atoms with van der Waals surface area (Å²) >= 11 is 24.3. The number of aromatic hydroxyl groups is 2. The average Bonchev–Trinajstić information content (AvgIpc) is 3.07. The van der Waals surface area contributed by atoms with E-state index in [1.807, 2.05) is 0 Å². The van der Waals surface area contributed by atoms with Crippen LogP contribution in [0.1, 0.15) is 31.8 Å². The number of allylic oxidation sites excluding steroid dienone is 2. The van der Waals surface area contributed by atoms with Crippen molar-refractivity contribution in [2.75, 3.05) is 10.9 Å². The van der Waals surface area contributed by atoms with E-state index in [0.717, 1.165) is 12.1 Å². The second-order valence-corrected chi connectivity index (χ2v) is 15.4. The summed E-state index contributed by atoms with van der Waals surface area (Å²) in [5.74, 6) is -1.67. The number of phenols is 2. The van der Waals surface area contributed by atoms with Gasteiger partial charge in [0.1, 0.15) is 22.9 Å². The number of fused-ring (bicyclic) bond motifs is 2. The van der Waals surface area contributed by atoms with Crippen molar-refractivity contribution >= 4 is 113 Å². The van der Waals surface area contributed by atoms with Crippen molar-refractivity contribution in [2.24, 2.45) is 20.5 Å². The van der Waals surface area contributed by atoms with E-state index in [2.05, 4.69) is 21.1 Å². The number of halogens is 4. The van der Waals surface area contributed by atoms with Crippen LogP contribution in [0, 0.1) is 0 Å². The van der Waals surface area contributed by atoms with E-state index >= 15 is 0 Å². The molecule has 6 rings (SSSR count). The van der Waals surface area contributed by atoms with E-state index in [-0.39, 0.29) is 101 Å². The molecule has 14 nitrogen and oxygen atoms in total. The zero-order valence-electron chi connectivity index (χ0n) is 27.2. The quantitative estimate of drug-likeness (QED) is 0.0939. The Kier molecular flexibility index (Phi) is 15.2. The Morgan fingerprint density at radius 3 is 1.20 bits per heavy atom. The molecule has 274 valence electrons. The molecule has 0 aromatic heterocycles. The van der Waals surface area contributed by atoms with Gasteiger partial charge in [0.05, 0.1) is 42.3 Å². The first-order valence-corrected chi connectivity index (χ1v) is 18.8. The Labute approximate surface area is 361 Å². The van der Waals surface area contributed by atoms with Crippen LogP contribution in [0.5, 0.6) is 11.5 Å². The van der Waals surface area contributed by atoms with E-state index in [9.17, 15) is 36.6 Å². The fraction of sp³-hybridized carbons (Fsp3) is 0. The van der Waals surface area contributed by atoms with Crippen molar-refractivity contribution in [2.45, 2.75) is 9.79 Å². The molecule has 2 aliphatic rings. The number of carbonyl (C=O) groups is 2. The largest absolute Gasteiger partial charge is 1.00 e. The van der Waals surface area contributed by atoms with Crippen molar-refractivity contribution in [3.8, 4) is 11.5 Å². The van der Waals surface area contributed by atoms with Crippen LogP contribution in [-0.4, -0.2) is 50.0 Å². The van der Waals surface area contributed by atoms with Gasteiger partial charge in [-0.05, 0) is 60.7 Å². The van der Waals surface area contributed by atoms with Gasteiger partial charge in [0.25, 0.3) is 0 Å². The molecule has 4 aromatic carbocycles. The van der Waals surface area contributed by atoms with Gasteiger partial charge in [0, 0.05) is 50.7 Å². The van der Waals surface area contributed by atoms with Crippen LogP contribution in [0.2, 0.25) is 20.1 Å². The second kappa shape index (κ2) is 18.1. The molecular formula is C32H22Cl4CrN6NaO8S2+. The molecule has 0 saturated heterocycles. The predicted octanol–water partition coefficient (Wildman–Crippen LogP) is 3.05. The number of phenolic OH excluding ortho intramolecular Hbond substituents is 2. The first kappa shape index (κ1) is 45.1. The molecule has 0 saturated carbocycles. The number of Topliss-reactive ketones (excluding diaryl/α,β-unsaturated/α-hetero) is 2. The van der Waals surface area contributed by atoms with Crippen LogP contribution in [0.25, 0.3) is 12.2 Å². The zero-order chi connectivity index (χ0) is 38.1. The van der Waals surface area contributed by atoms with E-state index < -0.39 is 43.1 Å². The molecule has 0 amide bonds. The Bertz CT molecular complexity index is 2380. The molecule has 0 fully saturated rings. The smallest absolute Gasteiger partial charge is 0.506 e. The van der Waals surface area contributed by atoms with Crippen molar-refractivity contribution in [1.29, 1.82) is 0 Å². The minimum absolute atomic E-state index is 0. The average molecular weight is 899 g/mol. The number of hydrazone groups is 2. The minimum atomic E-state index is -3.94. The minimum Gasteiger partial charge on any atom is -0.506 e. The molecule has 0 radical (unpaired) electrons. The topological polar surface area (TPSA) is 244 Å². The van der Waals surface area contributed by atoms with Crippen LogP contribution in [-0.2, 0) is 37.4 Å². The van der Waals surface area contributed by atoms with Crippen LogP contribution in [0.4, 0.5) is 11.4 Å². The van der Waals surface area contributed by atoms with Gasteiger partial charge in [-0.15, -0.1) is 0 Å². The zero-order valence-corrected chi connectivity index (χ0v) is 35.1. The Hall–Kier alpha value is -3.25. The third kappa shape index (κ3) is 10.1. The van der Waals surface area contributed by atoms with Gasteiger partial charge < -0.3 is 10.2 Å².